The molecule has 1 aromatic carbocycles. The fourth-order valence-electron chi connectivity index (χ4n) is 1.84. The minimum absolute atomic E-state index is 0.0601. The number of alkyl halides is 1. The number of halogens is 3. The van der Waals surface area contributed by atoms with Crippen LogP contribution in [0.25, 0.3) is 0 Å². The predicted molar refractivity (Wildman–Crippen MR) is 56.5 cm³/mol. The molecular weight excluding hydrogens is 224 g/mol. The number of nitrogens with two attached hydrogens (primary N) is 1. The molecule has 0 radical (unpaired) electrons. The second-order valence-electron chi connectivity index (χ2n) is 3.74. The molecule has 1 fully saturated rings. The van der Waals surface area contributed by atoms with Crippen LogP contribution in [-0.2, 0) is 5.67 Å². The van der Waals surface area contributed by atoms with Gasteiger partial charge in [0.05, 0.1) is 10.0 Å². The number of benzene rings is 1. The van der Waals surface area contributed by atoms with E-state index < -0.39 is 5.67 Å². The van der Waals surface area contributed by atoms with E-state index in [1.54, 1.807) is 18.2 Å². The molecule has 2 N–H and O–H groups in total. The third-order valence-corrected chi connectivity index (χ3v) is 3.42. The lowest BCUT2D eigenvalue weighted by Gasteiger charge is -2.40. The van der Waals surface area contributed by atoms with Crippen LogP contribution in [0.3, 0.4) is 0 Å². The lowest BCUT2D eigenvalue weighted by Crippen LogP contribution is -2.46. The van der Waals surface area contributed by atoms with Gasteiger partial charge in [-0.15, -0.1) is 0 Å². The van der Waals surface area contributed by atoms with Crippen molar-refractivity contribution in [1.29, 1.82) is 0 Å². The molecule has 0 spiro atoms. The quantitative estimate of drug-likeness (QED) is 0.792. The molecule has 0 atom stereocenters. The highest BCUT2D eigenvalue weighted by atomic mass is 35.5. The molecule has 0 bridgehead atoms. The molecule has 1 aliphatic rings. The Hall–Kier alpha value is -0.310. The summed E-state index contributed by atoms with van der Waals surface area (Å²) in [6.45, 7) is 0. The van der Waals surface area contributed by atoms with Crippen molar-refractivity contribution in [2.75, 3.05) is 0 Å². The van der Waals surface area contributed by atoms with Gasteiger partial charge in [0.1, 0.15) is 5.67 Å². The standard InChI is InChI=1S/C10H10Cl2FN/c11-8-3-1-2-7(9(8)12)10(13)4-6(14)5-10/h1-3,6H,4-5,14H2. The van der Waals surface area contributed by atoms with Gasteiger partial charge >= 0.3 is 0 Å². The molecule has 0 aliphatic heterocycles. The van der Waals surface area contributed by atoms with Crippen molar-refractivity contribution in [2.24, 2.45) is 5.73 Å². The highest BCUT2D eigenvalue weighted by Crippen LogP contribution is 2.47. The third kappa shape index (κ3) is 1.52. The molecule has 4 heteroatoms. The van der Waals surface area contributed by atoms with Crippen molar-refractivity contribution in [1.82, 2.24) is 0 Å². The third-order valence-electron chi connectivity index (χ3n) is 2.61. The normalized spacial score (nSPS) is 31.3. The summed E-state index contributed by atoms with van der Waals surface area (Å²) in [6, 6.07) is 4.96. The number of hydrogen-bond acceptors (Lipinski definition) is 1. The number of hydrogen-bond donors (Lipinski definition) is 1. The lowest BCUT2D eigenvalue weighted by atomic mass is 9.73. The summed E-state index contributed by atoms with van der Waals surface area (Å²) in [7, 11) is 0. The van der Waals surface area contributed by atoms with Crippen LogP contribution in [0.15, 0.2) is 18.2 Å². The Kier molecular flexibility index (Phi) is 2.46. The maximum atomic E-state index is 14.1. The first kappa shape index (κ1) is 10.2. The van der Waals surface area contributed by atoms with E-state index in [0.717, 1.165) is 0 Å². The van der Waals surface area contributed by atoms with Crippen LogP contribution in [0.4, 0.5) is 4.39 Å². The fourth-order valence-corrected chi connectivity index (χ4v) is 2.31. The maximum absolute atomic E-state index is 14.1. The van der Waals surface area contributed by atoms with Gasteiger partial charge in [0, 0.05) is 24.4 Å². The summed E-state index contributed by atoms with van der Waals surface area (Å²) in [4.78, 5) is 0. The van der Waals surface area contributed by atoms with Gasteiger partial charge in [0.15, 0.2) is 0 Å². The smallest absolute Gasteiger partial charge is 0.140 e. The van der Waals surface area contributed by atoms with E-state index in [4.69, 9.17) is 28.9 Å². The van der Waals surface area contributed by atoms with E-state index >= 15 is 0 Å². The van der Waals surface area contributed by atoms with Gasteiger partial charge in [-0.1, -0.05) is 35.3 Å². The molecule has 0 saturated heterocycles. The lowest BCUT2D eigenvalue weighted by molar-refractivity contribution is 0.0407. The van der Waals surface area contributed by atoms with Gasteiger partial charge in [-0.05, 0) is 6.07 Å². The zero-order chi connectivity index (χ0) is 10.3. The Labute approximate surface area is 92.0 Å². The average molecular weight is 234 g/mol. The molecule has 0 unspecified atom stereocenters. The van der Waals surface area contributed by atoms with E-state index in [-0.39, 0.29) is 6.04 Å². The molecule has 14 heavy (non-hydrogen) atoms. The van der Waals surface area contributed by atoms with Crippen LogP contribution >= 0.6 is 23.2 Å². The summed E-state index contributed by atoms with van der Waals surface area (Å²) in [5.41, 5.74) is 4.66. The highest BCUT2D eigenvalue weighted by Gasteiger charge is 2.45. The van der Waals surface area contributed by atoms with Crippen molar-refractivity contribution < 1.29 is 4.39 Å². The molecule has 1 aliphatic carbocycles. The monoisotopic (exact) mass is 233 g/mol. The van der Waals surface area contributed by atoms with Gasteiger partial charge in [-0.25, -0.2) is 4.39 Å². The largest absolute Gasteiger partial charge is 0.327 e. The second kappa shape index (κ2) is 3.37. The van der Waals surface area contributed by atoms with Gasteiger partial charge in [-0.3, -0.25) is 0 Å². The first-order valence-electron chi connectivity index (χ1n) is 4.42. The molecule has 0 aromatic heterocycles. The van der Waals surface area contributed by atoms with E-state index in [2.05, 4.69) is 0 Å². The Morgan fingerprint density at radius 2 is 2.00 bits per heavy atom. The molecular formula is C10H10Cl2FN. The van der Waals surface area contributed by atoms with E-state index in [1.807, 2.05) is 0 Å². The van der Waals surface area contributed by atoms with Crippen molar-refractivity contribution >= 4 is 23.2 Å². The van der Waals surface area contributed by atoms with E-state index in [9.17, 15) is 4.39 Å². The Bertz CT molecular complexity index is 361. The molecule has 1 aromatic rings. The summed E-state index contributed by atoms with van der Waals surface area (Å²) in [6.07, 6.45) is 0.653. The van der Waals surface area contributed by atoms with Crippen LogP contribution < -0.4 is 5.73 Å². The van der Waals surface area contributed by atoms with Crippen LogP contribution in [0.1, 0.15) is 18.4 Å². The SMILES string of the molecule is NC1CC(F)(c2cccc(Cl)c2Cl)C1. The Morgan fingerprint density at radius 3 is 2.57 bits per heavy atom. The van der Waals surface area contributed by atoms with E-state index in [0.29, 0.717) is 28.5 Å². The fraction of sp³-hybridized carbons (Fsp3) is 0.400. The molecule has 0 amide bonds. The van der Waals surface area contributed by atoms with E-state index in [1.165, 1.54) is 0 Å². The second-order valence-corrected chi connectivity index (χ2v) is 4.52. The average Bonchev–Trinajstić information content (AvgIpc) is 2.07. The van der Waals surface area contributed by atoms with Crippen molar-refractivity contribution in [3.8, 4) is 0 Å². The van der Waals surface area contributed by atoms with Crippen molar-refractivity contribution in [3.05, 3.63) is 33.8 Å². The van der Waals surface area contributed by atoms with Crippen LogP contribution in [0, 0.1) is 0 Å². The maximum Gasteiger partial charge on any atom is 0.140 e. The first-order chi connectivity index (χ1) is 6.53. The summed E-state index contributed by atoms with van der Waals surface area (Å²) in [5, 5.41) is 0.699. The van der Waals surface area contributed by atoms with Crippen molar-refractivity contribution in [2.45, 2.75) is 24.6 Å². The minimum atomic E-state index is -1.37. The molecule has 1 saturated carbocycles. The van der Waals surface area contributed by atoms with Gasteiger partial charge in [-0.2, -0.15) is 0 Å². The Morgan fingerprint density at radius 1 is 1.36 bits per heavy atom. The predicted octanol–water partition coefficient (Wildman–Crippen LogP) is 3.28. The number of rotatable bonds is 1. The first-order valence-corrected chi connectivity index (χ1v) is 5.17. The molecule has 0 heterocycles. The van der Waals surface area contributed by atoms with Crippen LogP contribution in [0.2, 0.25) is 10.0 Å². The summed E-state index contributed by atoms with van der Waals surface area (Å²) < 4.78 is 14.1. The topological polar surface area (TPSA) is 26.0 Å². The zero-order valence-corrected chi connectivity index (χ0v) is 8.95. The van der Waals surface area contributed by atoms with Crippen LogP contribution in [-0.4, -0.2) is 6.04 Å². The minimum Gasteiger partial charge on any atom is -0.327 e. The zero-order valence-electron chi connectivity index (χ0n) is 7.43. The van der Waals surface area contributed by atoms with Crippen molar-refractivity contribution in [3.63, 3.8) is 0 Å². The van der Waals surface area contributed by atoms with Gasteiger partial charge in [0.25, 0.3) is 0 Å². The molecule has 1 nitrogen and oxygen atoms in total. The Balaban J connectivity index is 2.37. The molecule has 2 rings (SSSR count). The highest BCUT2D eigenvalue weighted by molar-refractivity contribution is 6.42. The van der Waals surface area contributed by atoms with Gasteiger partial charge in [0.2, 0.25) is 0 Å². The van der Waals surface area contributed by atoms with Gasteiger partial charge < -0.3 is 5.73 Å². The summed E-state index contributed by atoms with van der Waals surface area (Å²) in [5.74, 6) is 0. The summed E-state index contributed by atoms with van der Waals surface area (Å²) >= 11 is 11.7. The van der Waals surface area contributed by atoms with Crippen LogP contribution in [0.5, 0.6) is 0 Å². The molecule has 76 valence electrons.